The Hall–Kier alpha value is -3.41. The van der Waals surface area contributed by atoms with Crippen LogP contribution in [0.5, 0.6) is 5.75 Å². The number of nitrogens with zero attached hydrogens (tertiary/aromatic N) is 2. The van der Waals surface area contributed by atoms with Gasteiger partial charge in [0, 0.05) is 10.9 Å². The fraction of sp³-hybridized carbons (Fsp3) is 0.0476. The molecule has 27 heavy (non-hydrogen) atoms. The van der Waals surface area contributed by atoms with Gasteiger partial charge in [-0.05, 0) is 41.5 Å². The maximum Gasteiger partial charge on any atom is 0.416 e. The zero-order valence-electron chi connectivity index (χ0n) is 13.9. The molecular formula is C21H13F3N2O. The zero-order chi connectivity index (χ0) is 19.0. The van der Waals surface area contributed by atoms with Crippen LogP contribution in [-0.2, 0) is 6.18 Å². The first-order valence-electron chi connectivity index (χ1n) is 8.15. The lowest BCUT2D eigenvalue weighted by atomic mass is 10.0. The van der Waals surface area contributed by atoms with Crippen molar-refractivity contribution < 1.29 is 18.3 Å². The normalized spacial score (nSPS) is 11.7. The van der Waals surface area contributed by atoms with E-state index in [1.165, 1.54) is 12.1 Å². The molecule has 0 bridgehead atoms. The Bertz CT molecular complexity index is 1130. The number of aromatic nitrogens is 2. The van der Waals surface area contributed by atoms with Gasteiger partial charge < -0.3 is 5.11 Å². The maximum atomic E-state index is 12.9. The van der Waals surface area contributed by atoms with Gasteiger partial charge in [-0.1, -0.05) is 42.5 Å². The molecule has 0 aliphatic heterocycles. The fourth-order valence-electron chi connectivity index (χ4n) is 2.92. The molecule has 1 aromatic heterocycles. The van der Waals surface area contributed by atoms with Gasteiger partial charge >= 0.3 is 6.18 Å². The summed E-state index contributed by atoms with van der Waals surface area (Å²) in [5.74, 6) is -0.00511. The van der Waals surface area contributed by atoms with Crippen molar-refractivity contribution in [1.29, 1.82) is 0 Å². The van der Waals surface area contributed by atoms with Crippen LogP contribution >= 0.6 is 0 Å². The second kappa shape index (κ2) is 6.39. The van der Waals surface area contributed by atoms with Gasteiger partial charge in [0.05, 0.1) is 16.8 Å². The smallest absolute Gasteiger partial charge is 0.416 e. The van der Waals surface area contributed by atoms with Crippen LogP contribution in [0.15, 0.2) is 72.8 Å². The molecule has 0 fully saturated rings. The van der Waals surface area contributed by atoms with Gasteiger partial charge in [0.15, 0.2) is 0 Å². The van der Waals surface area contributed by atoms with Gasteiger partial charge in [-0.2, -0.15) is 13.2 Å². The molecule has 4 aromatic rings. The second-order valence-corrected chi connectivity index (χ2v) is 6.10. The van der Waals surface area contributed by atoms with Crippen LogP contribution in [0.2, 0.25) is 0 Å². The molecule has 1 heterocycles. The van der Waals surface area contributed by atoms with Crippen LogP contribution in [0.3, 0.4) is 0 Å². The van der Waals surface area contributed by atoms with Gasteiger partial charge in [0.1, 0.15) is 5.75 Å². The molecule has 1 N–H and O–H groups in total. The third kappa shape index (κ3) is 3.33. The molecule has 0 unspecified atom stereocenters. The number of rotatable bonds is 2. The Morgan fingerprint density at radius 3 is 2.19 bits per heavy atom. The highest BCUT2D eigenvalue weighted by Gasteiger charge is 2.30. The first-order valence-corrected chi connectivity index (χ1v) is 8.15. The predicted octanol–water partition coefficient (Wildman–Crippen LogP) is 5.69. The van der Waals surface area contributed by atoms with Crippen LogP contribution in [-0.4, -0.2) is 15.3 Å². The van der Waals surface area contributed by atoms with Crippen LogP contribution in [0, 0.1) is 0 Å². The number of hydrogen-bond acceptors (Lipinski definition) is 3. The Kier molecular flexibility index (Phi) is 4.03. The lowest BCUT2D eigenvalue weighted by molar-refractivity contribution is -0.137. The molecule has 4 rings (SSSR count). The standard InChI is InChI=1S/C21H13F3N2O/c22-21(23,24)16-8-4-7-14(9-16)18-12-17-19(26-25-18)10-15(11-20(17)27)13-5-2-1-3-6-13/h1-12,27H. The minimum atomic E-state index is -4.44. The quantitative estimate of drug-likeness (QED) is 0.496. The third-order valence-corrected chi connectivity index (χ3v) is 4.28. The fourth-order valence-corrected chi connectivity index (χ4v) is 2.92. The molecule has 6 heteroatoms. The molecule has 3 nitrogen and oxygen atoms in total. The summed E-state index contributed by atoms with van der Waals surface area (Å²) in [5, 5.41) is 19.0. The van der Waals surface area contributed by atoms with Gasteiger partial charge in [-0.25, -0.2) is 0 Å². The molecule has 0 atom stereocenters. The van der Waals surface area contributed by atoms with Crippen molar-refractivity contribution in [1.82, 2.24) is 10.2 Å². The van der Waals surface area contributed by atoms with Crippen molar-refractivity contribution in [3.63, 3.8) is 0 Å². The number of halogens is 3. The first-order chi connectivity index (χ1) is 12.9. The number of benzene rings is 3. The minimum Gasteiger partial charge on any atom is -0.507 e. The Labute approximate surface area is 152 Å². The number of phenolic OH excluding ortho intramolecular Hbond substituents is 1. The Morgan fingerprint density at radius 1 is 0.704 bits per heavy atom. The maximum absolute atomic E-state index is 12.9. The molecule has 0 radical (unpaired) electrons. The largest absolute Gasteiger partial charge is 0.507 e. The van der Waals surface area contributed by atoms with E-state index in [1.807, 2.05) is 30.3 Å². The van der Waals surface area contributed by atoms with Crippen molar-refractivity contribution in [2.45, 2.75) is 6.18 Å². The van der Waals surface area contributed by atoms with Gasteiger partial charge in [0.2, 0.25) is 0 Å². The number of aromatic hydroxyl groups is 1. The van der Waals surface area contributed by atoms with Crippen LogP contribution in [0.1, 0.15) is 5.56 Å². The average molecular weight is 366 g/mol. The number of fused-ring (bicyclic) bond motifs is 1. The highest BCUT2D eigenvalue weighted by atomic mass is 19.4. The van der Waals surface area contributed by atoms with E-state index in [-0.39, 0.29) is 17.0 Å². The van der Waals surface area contributed by atoms with E-state index < -0.39 is 11.7 Å². The van der Waals surface area contributed by atoms with Crippen LogP contribution in [0.4, 0.5) is 13.2 Å². The predicted molar refractivity (Wildman–Crippen MR) is 97.1 cm³/mol. The number of hydrogen-bond donors (Lipinski definition) is 1. The van der Waals surface area contributed by atoms with Crippen molar-refractivity contribution in [3.8, 4) is 28.1 Å². The second-order valence-electron chi connectivity index (χ2n) is 6.10. The topological polar surface area (TPSA) is 46.0 Å². The summed E-state index contributed by atoms with van der Waals surface area (Å²) in [6.07, 6.45) is -4.44. The van der Waals surface area contributed by atoms with Crippen LogP contribution < -0.4 is 0 Å². The molecule has 134 valence electrons. The molecular weight excluding hydrogens is 353 g/mol. The van der Waals surface area contributed by atoms with Gasteiger partial charge in [0.25, 0.3) is 0 Å². The average Bonchev–Trinajstić information content (AvgIpc) is 2.68. The monoisotopic (exact) mass is 366 g/mol. The number of alkyl halides is 3. The SMILES string of the molecule is Oc1cc(-c2ccccc2)cc2nnc(-c3cccc(C(F)(F)F)c3)cc12. The highest BCUT2D eigenvalue weighted by molar-refractivity contribution is 5.91. The lowest BCUT2D eigenvalue weighted by Gasteiger charge is -2.10. The van der Waals surface area contributed by atoms with E-state index in [4.69, 9.17) is 0 Å². The Morgan fingerprint density at radius 2 is 1.44 bits per heavy atom. The van der Waals surface area contributed by atoms with Gasteiger partial charge in [-0.15, -0.1) is 10.2 Å². The van der Waals surface area contributed by atoms with E-state index in [0.717, 1.165) is 23.3 Å². The summed E-state index contributed by atoms with van der Waals surface area (Å²) >= 11 is 0. The van der Waals surface area contributed by atoms with E-state index in [9.17, 15) is 18.3 Å². The summed E-state index contributed by atoms with van der Waals surface area (Å²) in [5.41, 5.74) is 1.94. The highest BCUT2D eigenvalue weighted by Crippen LogP contribution is 2.34. The lowest BCUT2D eigenvalue weighted by Crippen LogP contribution is -2.04. The third-order valence-electron chi connectivity index (χ3n) is 4.28. The summed E-state index contributed by atoms with van der Waals surface area (Å²) in [6, 6.07) is 19.3. The van der Waals surface area contributed by atoms with E-state index in [2.05, 4.69) is 10.2 Å². The summed E-state index contributed by atoms with van der Waals surface area (Å²) < 4.78 is 38.8. The molecule has 0 amide bonds. The summed E-state index contributed by atoms with van der Waals surface area (Å²) in [4.78, 5) is 0. The molecule has 0 aliphatic carbocycles. The van der Waals surface area contributed by atoms with E-state index >= 15 is 0 Å². The molecule has 0 saturated carbocycles. The molecule has 0 saturated heterocycles. The van der Waals surface area contributed by atoms with Crippen molar-refractivity contribution in [3.05, 3.63) is 78.4 Å². The van der Waals surface area contributed by atoms with Crippen LogP contribution in [0.25, 0.3) is 33.3 Å². The first kappa shape index (κ1) is 17.0. The van der Waals surface area contributed by atoms with Crippen molar-refractivity contribution >= 4 is 10.9 Å². The van der Waals surface area contributed by atoms with E-state index in [0.29, 0.717) is 10.9 Å². The van der Waals surface area contributed by atoms with Gasteiger partial charge in [-0.3, -0.25) is 0 Å². The Balaban J connectivity index is 1.81. The zero-order valence-corrected chi connectivity index (χ0v) is 13.9. The minimum absolute atomic E-state index is 0.00511. The van der Waals surface area contributed by atoms with E-state index in [1.54, 1.807) is 18.2 Å². The summed E-state index contributed by atoms with van der Waals surface area (Å²) in [7, 11) is 0. The van der Waals surface area contributed by atoms with Crippen molar-refractivity contribution in [2.75, 3.05) is 0 Å². The molecule has 0 spiro atoms. The van der Waals surface area contributed by atoms with Crippen molar-refractivity contribution in [2.24, 2.45) is 0 Å². The molecule has 0 aliphatic rings. The summed E-state index contributed by atoms with van der Waals surface area (Å²) in [6.45, 7) is 0. The number of phenols is 1. The molecule has 3 aromatic carbocycles.